The van der Waals surface area contributed by atoms with Crippen molar-refractivity contribution in [1.29, 1.82) is 0 Å². The van der Waals surface area contributed by atoms with Gasteiger partial charge in [0.1, 0.15) is 12.4 Å². The van der Waals surface area contributed by atoms with Crippen LogP contribution in [0.25, 0.3) is 0 Å². The first-order valence-electron chi connectivity index (χ1n) is 9.03. The van der Waals surface area contributed by atoms with E-state index in [2.05, 4.69) is 10.6 Å². The number of thiocarbonyl (C=S) groups is 1. The lowest BCUT2D eigenvalue weighted by molar-refractivity contribution is -0.127. The molecule has 0 bridgehead atoms. The van der Waals surface area contributed by atoms with Crippen molar-refractivity contribution in [2.75, 3.05) is 39.7 Å². The van der Waals surface area contributed by atoms with Crippen molar-refractivity contribution < 1.29 is 19.1 Å². The number of nitrogens with zero attached hydrogens (tertiary/aromatic N) is 1. The summed E-state index contributed by atoms with van der Waals surface area (Å²) in [5.74, 6) is 0.114. The van der Waals surface area contributed by atoms with E-state index in [0.29, 0.717) is 36.6 Å². The number of likely N-dealkylation sites (N-methyl/N-ethyl adjacent to an activating group) is 1. The van der Waals surface area contributed by atoms with Crippen LogP contribution in [-0.4, -0.2) is 56.2 Å². The van der Waals surface area contributed by atoms with Crippen molar-refractivity contribution in [3.63, 3.8) is 0 Å². The number of rotatable bonds is 8. The number of methoxy groups -OCH3 is 1. The SMILES string of the molecule is COCCOc1ccccc1C(=O)NC(=S)Nc1ccc(CC(=O)N(C)C)cc1. The normalized spacial score (nSPS) is 10.2. The van der Waals surface area contributed by atoms with Crippen LogP contribution in [0.3, 0.4) is 0 Å². The van der Waals surface area contributed by atoms with Crippen molar-refractivity contribution in [2.24, 2.45) is 0 Å². The van der Waals surface area contributed by atoms with Gasteiger partial charge in [-0.3, -0.25) is 14.9 Å². The zero-order valence-corrected chi connectivity index (χ0v) is 17.5. The van der Waals surface area contributed by atoms with Crippen LogP contribution in [0.4, 0.5) is 5.69 Å². The molecule has 0 fully saturated rings. The zero-order valence-electron chi connectivity index (χ0n) is 16.7. The first-order valence-corrected chi connectivity index (χ1v) is 9.43. The number of amides is 2. The average molecular weight is 416 g/mol. The third kappa shape index (κ3) is 7.17. The molecule has 2 aromatic carbocycles. The fraction of sp³-hybridized carbons (Fsp3) is 0.286. The van der Waals surface area contributed by atoms with Crippen LogP contribution >= 0.6 is 12.2 Å². The average Bonchev–Trinajstić information content (AvgIpc) is 2.69. The van der Waals surface area contributed by atoms with Gasteiger partial charge in [0.25, 0.3) is 5.91 Å². The van der Waals surface area contributed by atoms with E-state index >= 15 is 0 Å². The predicted octanol–water partition coefficient (Wildman–Crippen LogP) is 2.47. The van der Waals surface area contributed by atoms with Gasteiger partial charge >= 0.3 is 0 Å². The van der Waals surface area contributed by atoms with Crippen LogP contribution in [0.2, 0.25) is 0 Å². The molecule has 0 aliphatic rings. The molecule has 0 aliphatic heterocycles. The number of para-hydroxylation sites is 1. The standard InChI is InChI=1S/C21H25N3O4S/c1-24(2)19(25)14-15-8-10-16(11-9-15)22-21(29)23-20(26)17-6-4-5-7-18(17)28-13-12-27-3/h4-11H,12-14H2,1-3H3,(H2,22,23,26,29). The van der Waals surface area contributed by atoms with Gasteiger partial charge in [0, 0.05) is 26.9 Å². The van der Waals surface area contributed by atoms with Gasteiger partial charge in [-0.1, -0.05) is 24.3 Å². The first-order chi connectivity index (χ1) is 13.9. The quantitative estimate of drug-likeness (QED) is 0.509. The van der Waals surface area contributed by atoms with E-state index < -0.39 is 0 Å². The predicted molar refractivity (Wildman–Crippen MR) is 116 cm³/mol. The molecule has 0 aromatic heterocycles. The van der Waals surface area contributed by atoms with Gasteiger partial charge in [0.05, 0.1) is 18.6 Å². The Morgan fingerprint density at radius 3 is 2.38 bits per heavy atom. The summed E-state index contributed by atoms with van der Waals surface area (Å²) in [6.07, 6.45) is 0.328. The maximum Gasteiger partial charge on any atom is 0.261 e. The van der Waals surface area contributed by atoms with Gasteiger partial charge in [-0.2, -0.15) is 0 Å². The van der Waals surface area contributed by atoms with E-state index in [1.807, 2.05) is 12.1 Å². The molecule has 2 amide bonds. The summed E-state index contributed by atoms with van der Waals surface area (Å²) in [5.41, 5.74) is 1.98. The number of anilines is 1. The zero-order chi connectivity index (χ0) is 21.2. The van der Waals surface area contributed by atoms with Gasteiger partial charge in [-0.25, -0.2) is 0 Å². The molecule has 2 N–H and O–H groups in total. The summed E-state index contributed by atoms with van der Waals surface area (Å²) in [7, 11) is 5.03. The molecule has 7 nitrogen and oxygen atoms in total. The molecular weight excluding hydrogens is 390 g/mol. The van der Waals surface area contributed by atoms with Crippen LogP contribution in [0.15, 0.2) is 48.5 Å². The van der Waals surface area contributed by atoms with E-state index in [4.69, 9.17) is 21.7 Å². The molecule has 0 radical (unpaired) electrons. The molecule has 8 heteroatoms. The van der Waals surface area contributed by atoms with Crippen molar-refractivity contribution >= 4 is 34.8 Å². The number of hydrogen-bond donors (Lipinski definition) is 2. The van der Waals surface area contributed by atoms with Crippen LogP contribution in [0.1, 0.15) is 15.9 Å². The second kappa shape index (κ2) is 11.1. The van der Waals surface area contributed by atoms with Crippen LogP contribution < -0.4 is 15.4 Å². The van der Waals surface area contributed by atoms with E-state index in [-0.39, 0.29) is 16.9 Å². The Bertz CT molecular complexity index is 853. The van der Waals surface area contributed by atoms with Crippen LogP contribution in [0.5, 0.6) is 5.75 Å². The van der Waals surface area contributed by atoms with Gasteiger partial charge < -0.3 is 19.7 Å². The molecule has 0 saturated carbocycles. The number of carbonyl (C=O) groups excluding carboxylic acids is 2. The third-order valence-corrected chi connectivity index (χ3v) is 4.17. The number of nitrogens with one attached hydrogen (secondary N) is 2. The van der Waals surface area contributed by atoms with Crippen molar-refractivity contribution in [1.82, 2.24) is 10.2 Å². The molecule has 0 unspecified atom stereocenters. The van der Waals surface area contributed by atoms with Crippen molar-refractivity contribution in [3.8, 4) is 5.75 Å². The van der Waals surface area contributed by atoms with E-state index in [0.717, 1.165) is 5.56 Å². The molecule has 154 valence electrons. The Morgan fingerprint density at radius 1 is 1.03 bits per heavy atom. The Balaban J connectivity index is 1.94. The van der Waals surface area contributed by atoms with E-state index in [9.17, 15) is 9.59 Å². The summed E-state index contributed by atoms with van der Waals surface area (Å²) < 4.78 is 10.5. The molecule has 0 spiro atoms. The Labute approximate surface area is 176 Å². The van der Waals surface area contributed by atoms with Crippen LogP contribution in [0, 0.1) is 0 Å². The minimum Gasteiger partial charge on any atom is -0.490 e. The largest absolute Gasteiger partial charge is 0.490 e. The second-order valence-corrected chi connectivity index (χ2v) is 6.82. The highest BCUT2D eigenvalue weighted by Gasteiger charge is 2.14. The summed E-state index contributed by atoms with van der Waals surface area (Å²) in [6.45, 7) is 0.762. The minimum absolute atomic E-state index is 0.0277. The van der Waals surface area contributed by atoms with Crippen molar-refractivity contribution in [3.05, 3.63) is 59.7 Å². The number of benzene rings is 2. The lowest BCUT2D eigenvalue weighted by Crippen LogP contribution is -2.34. The minimum atomic E-state index is -0.372. The number of hydrogen-bond acceptors (Lipinski definition) is 5. The summed E-state index contributed by atoms with van der Waals surface area (Å²) in [5, 5.41) is 5.77. The Morgan fingerprint density at radius 2 is 1.72 bits per heavy atom. The molecule has 2 aromatic rings. The summed E-state index contributed by atoms with van der Waals surface area (Å²) in [6, 6.07) is 14.2. The monoisotopic (exact) mass is 415 g/mol. The van der Waals surface area contributed by atoms with Gasteiger partial charge in [0.15, 0.2) is 5.11 Å². The highest BCUT2D eigenvalue weighted by molar-refractivity contribution is 7.80. The summed E-state index contributed by atoms with van der Waals surface area (Å²) >= 11 is 5.23. The molecule has 2 rings (SSSR count). The second-order valence-electron chi connectivity index (χ2n) is 6.41. The maximum atomic E-state index is 12.5. The smallest absolute Gasteiger partial charge is 0.261 e. The fourth-order valence-corrected chi connectivity index (χ4v) is 2.60. The van der Waals surface area contributed by atoms with E-state index in [1.165, 1.54) is 0 Å². The third-order valence-electron chi connectivity index (χ3n) is 3.97. The molecule has 0 aliphatic carbocycles. The van der Waals surface area contributed by atoms with Crippen LogP contribution in [-0.2, 0) is 16.0 Å². The molecular formula is C21H25N3O4S. The lowest BCUT2D eigenvalue weighted by Gasteiger charge is -2.13. The fourth-order valence-electron chi connectivity index (χ4n) is 2.39. The van der Waals surface area contributed by atoms with Crippen molar-refractivity contribution in [2.45, 2.75) is 6.42 Å². The Kier molecular flexibility index (Phi) is 8.57. The molecule has 0 atom stereocenters. The van der Waals surface area contributed by atoms with Gasteiger partial charge in [-0.05, 0) is 42.0 Å². The highest BCUT2D eigenvalue weighted by atomic mass is 32.1. The lowest BCUT2D eigenvalue weighted by atomic mass is 10.1. The highest BCUT2D eigenvalue weighted by Crippen LogP contribution is 2.18. The van der Waals surface area contributed by atoms with Gasteiger partial charge in [-0.15, -0.1) is 0 Å². The topological polar surface area (TPSA) is 79.9 Å². The maximum absolute atomic E-state index is 12.5. The molecule has 29 heavy (non-hydrogen) atoms. The van der Waals surface area contributed by atoms with Gasteiger partial charge in [0.2, 0.25) is 5.91 Å². The number of carbonyl (C=O) groups is 2. The molecule has 0 heterocycles. The molecule has 0 saturated heterocycles. The summed E-state index contributed by atoms with van der Waals surface area (Å²) in [4.78, 5) is 25.9. The Hall–Kier alpha value is -2.97. The van der Waals surface area contributed by atoms with E-state index in [1.54, 1.807) is 62.5 Å². The first kappa shape index (κ1) is 22.3. The number of ether oxygens (including phenoxy) is 2.